The molecule has 0 radical (unpaired) electrons. The fourth-order valence-corrected chi connectivity index (χ4v) is 3.99. The Morgan fingerprint density at radius 3 is 2.76 bits per heavy atom. The number of hydrogen-bond acceptors (Lipinski definition) is 8. The minimum Gasteiger partial charge on any atom is -0.494 e. The van der Waals surface area contributed by atoms with Crippen LogP contribution in [0.5, 0.6) is 5.75 Å². The number of hydrogen-bond donors (Lipinski definition) is 3. The van der Waals surface area contributed by atoms with E-state index in [1.165, 1.54) is 6.08 Å². The van der Waals surface area contributed by atoms with Crippen molar-refractivity contribution < 1.29 is 9.53 Å². The topological polar surface area (TPSA) is 109 Å². The van der Waals surface area contributed by atoms with Gasteiger partial charge in [-0.2, -0.15) is 0 Å². The van der Waals surface area contributed by atoms with Crippen LogP contribution < -0.4 is 20.7 Å². The van der Waals surface area contributed by atoms with Gasteiger partial charge in [-0.1, -0.05) is 6.58 Å². The first-order valence-corrected chi connectivity index (χ1v) is 11.9. The molecule has 3 N–H and O–H groups in total. The maximum Gasteiger partial charge on any atom is 0.247 e. The molecule has 4 rings (SSSR count). The molecule has 3 aromatic heterocycles. The summed E-state index contributed by atoms with van der Waals surface area (Å²) in [6.45, 7) is 5.24. The van der Waals surface area contributed by atoms with Crippen molar-refractivity contribution in [3.8, 4) is 17.0 Å². The van der Waals surface area contributed by atoms with Crippen molar-refractivity contribution in [1.82, 2.24) is 24.4 Å². The first kappa shape index (κ1) is 25.6. The fraction of sp³-hybridized carbons (Fsp3) is 0.259. The van der Waals surface area contributed by atoms with E-state index in [1.807, 2.05) is 56.2 Å². The molecule has 37 heavy (non-hydrogen) atoms. The third-order valence-electron chi connectivity index (χ3n) is 5.80. The summed E-state index contributed by atoms with van der Waals surface area (Å²) >= 11 is 0. The number of pyridine rings is 1. The van der Waals surface area contributed by atoms with Crippen LogP contribution in [0.15, 0.2) is 61.6 Å². The van der Waals surface area contributed by atoms with Gasteiger partial charge in [0.2, 0.25) is 11.9 Å². The molecule has 192 valence electrons. The highest BCUT2D eigenvalue weighted by molar-refractivity contribution is 6.02. The van der Waals surface area contributed by atoms with E-state index in [0.29, 0.717) is 23.1 Å². The summed E-state index contributed by atoms with van der Waals surface area (Å²) in [4.78, 5) is 27.9. The Morgan fingerprint density at radius 2 is 2.00 bits per heavy atom. The highest BCUT2D eigenvalue weighted by atomic mass is 16.5. The lowest BCUT2D eigenvalue weighted by molar-refractivity contribution is -0.111. The van der Waals surface area contributed by atoms with E-state index >= 15 is 0 Å². The van der Waals surface area contributed by atoms with Crippen LogP contribution in [-0.4, -0.2) is 64.6 Å². The largest absolute Gasteiger partial charge is 0.494 e. The molecule has 0 spiro atoms. The normalized spacial score (nSPS) is 10.9. The van der Waals surface area contributed by atoms with Crippen molar-refractivity contribution in [1.29, 1.82) is 0 Å². The van der Waals surface area contributed by atoms with E-state index < -0.39 is 0 Å². The smallest absolute Gasteiger partial charge is 0.247 e. The molecule has 0 fully saturated rings. The Balaban J connectivity index is 1.65. The summed E-state index contributed by atoms with van der Waals surface area (Å²) in [7, 11) is 7.64. The van der Waals surface area contributed by atoms with Gasteiger partial charge in [-0.3, -0.25) is 9.78 Å². The van der Waals surface area contributed by atoms with Gasteiger partial charge in [0.25, 0.3) is 0 Å². The molecule has 0 saturated carbocycles. The third-order valence-corrected chi connectivity index (χ3v) is 5.80. The maximum absolute atomic E-state index is 12.1. The number of nitrogens with zero attached hydrogens (tertiary/aromatic N) is 5. The van der Waals surface area contributed by atoms with Crippen LogP contribution >= 0.6 is 0 Å². The van der Waals surface area contributed by atoms with Crippen LogP contribution in [0.1, 0.15) is 6.42 Å². The number of rotatable bonds is 11. The minimum atomic E-state index is -0.311. The molecule has 10 heteroatoms. The van der Waals surface area contributed by atoms with Crippen molar-refractivity contribution in [3.05, 3.63) is 61.6 Å². The Kier molecular flexibility index (Phi) is 7.99. The van der Waals surface area contributed by atoms with E-state index in [2.05, 4.69) is 37.4 Å². The molecule has 1 aromatic carbocycles. The molecule has 4 aromatic rings. The summed E-state index contributed by atoms with van der Waals surface area (Å²) in [5.74, 6) is 0.651. The predicted molar refractivity (Wildman–Crippen MR) is 149 cm³/mol. The molecule has 10 nitrogen and oxygen atoms in total. The average molecular weight is 501 g/mol. The van der Waals surface area contributed by atoms with Gasteiger partial charge in [-0.15, -0.1) is 0 Å². The van der Waals surface area contributed by atoms with Gasteiger partial charge < -0.3 is 30.2 Å². The number of carbonyl (C=O) groups is 1. The van der Waals surface area contributed by atoms with E-state index in [0.717, 1.165) is 47.5 Å². The third kappa shape index (κ3) is 6.04. The van der Waals surface area contributed by atoms with E-state index in [4.69, 9.17) is 9.72 Å². The number of carbonyl (C=O) groups excluding carboxylic acids is 1. The van der Waals surface area contributed by atoms with Gasteiger partial charge in [0.05, 0.1) is 40.9 Å². The number of amides is 1. The number of anilines is 4. The molecule has 0 aliphatic carbocycles. The second-order valence-corrected chi connectivity index (χ2v) is 8.79. The van der Waals surface area contributed by atoms with E-state index in [1.54, 1.807) is 25.6 Å². The van der Waals surface area contributed by atoms with Gasteiger partial charge in [-0.05, 0) is 57.4 Å². The van der Waals surface area contributed by atoms with Gasteiger partial charge >= 0.3 is 0 Å². The zero-order valence-corrected chi connectivity index (χ0v) is 21.6. The number of methoxy groups -OCH3 is 1. The summed E-state index contributed by atoms with van der Waals surface area (Å²) in [6, 6.07) is 9.42. The number of aromatic nitrogens is 4. The van der Waals surface area contributed by atoms with E-state index in [9.17, 15) is 4.79 Å². The summed E-state index contributed by atoms with van der Waals surface area (Å²) in [5.41, 5.74) is 5.47. The van der Waals surface area contributed by atoms with Crippen LogP contribution in [-0.2, 0) is 11.8 Å². The number of benzene rings is 1. The Hall–Kier alpha value is -4.44. The predicted octanol–water partition coefficient (Wildman–Crippen LogP) is 4.27. The van der Waals surface area contributed by atoms with Crippen molar-refractivity contribution >= 4 is 40.0 Å². The average Bonchev–Trinajstić information content (AvgIpc) is 3.24. The molecule has 0 bridgehead atoms. The molecule has 3 heterocycles. The Morgan fingerprint density at radius 1 is 1.16 bits per heavy atom. The lowest BCUT2D eigenvalue weighted by Gasteiger charge is -2.18. The highest BCUT2D eigenvalue weighted by Gasteiger charge is 2.15. The molecule has 0 saturated heterocycles. The van der Waals surface area contributed by atoms with Crippen LogP contribution in [0.3, 0.4) is 0 Å². The Bertz CT molecular complexity index is 1410. The monoisotopic (exact) mass is 500 g/mol. The first-order valence-electron chi connectivity index (χ1n) is 11.9. The minimum absolute atomic E-state index is 0.311. The van der Waals surface area contributed by atoms with Crippen molar-refractivity contribution in [2.24, 2.45) is 7.05 Å². The molecule has 0 atom stereocenters. The van der Waals surface area contributed by atoms with Gasteiger partial charge in [0, 0.05) is 43.8 Å². The second-order valence-electron chi connectivity index (χ2n) is 8.79. The van der Waals surface area contributed by atoms with Crippen molar-refractivity contribution in [3.63, 3.8) is 0 Å². The van der Waals surface area contributed by atoms with Gasteiger partial charge in [-0.25, -0.2) is 9.97 Å². The van der Waals surface area contributed by atoms with Crippen LogP contribution in [0.25, 0.3) is 22.3 Å². The number of nitrogens with one attached hydrogen (secondary N) is 3. The Labute approximate surface area is 216 Å². The van der Waals surface area contributed by atoms with Crippen LogP contribution in [0.2, 0.25) is 0 Å². The van der Waals surface area contributed by atoms with Gasteiger partial charge in [0.1, 0.15) is 5.75 Å². The van der Waals surface area contributed by atoms with Crippen LogP contribution in [0, 0.1) is 0 Å². The molecule has 0 unspecified atom stereocenters. The van der Waals surface area contributed by atoms with Crippen molar-refractivity contribution in [2.45, 2.75) is 6.42 Å². The molecular weight excluding hydrogens is 468 g/mol. The quantitative estimate of drug-likeness (QED) is 0.207. The van der Waals surface area contributed by atoms with Crippen LogP contribution in [0.4, 0.5) is 23.0 Å². The lowest BCUT2D eigenvalue weighted by Crippen LogP contribution is -2.17. The van der Waals surface area contributed by atoms with Crippen molar-refractivity contribution in [2.75, 3.05) is 50.2 Å². The fourth-order valence-electron chi connectivity index (χ4n) is 3.99. The molecule has 1 amide bonds. The lowest BCUT2D eigenvalue weighted by atomic mass is 10.2. The SMILES string of the molecule is C=CC(=O)Nc1cc(Nc2nccc(-c3cn(C)c4cccnc34)n2)c(OC)cc1NCCCN(C)C. The van der Waals surface area contributed by atoms with Gasteiger partial charge in [0.15, 0.2) is 0 Å². The zero-order chi connectivity index (χ0) is 26.4. The van der Waals surface area contributed by atoms with E-state index in [-0.39, 0.29) is 5.91 Å². The zero-order valence-electron chi connectivity index (χ0n) is 21.6. The highest BCUT2D eigenvalue weighted by Crippen LogP contribution is 2.36. The summed E-state index contributed by atoms with van der Waals surface area (Å²) in [6.07, 6.45) is 7.64. The number of ether oxygens (including phenoxy) is 1. The summed E-state index contributed by atoms with van der Waals surface area (Å²) in [5, 5.41) is 9.50. The molecular formula is C27H32N8O2. The maximum atomic E-state index is 12.1. The second kappa shape index (κ2) is 11.5. The molecule has 0 aliphatic heterocycles. The number of aryl methyl sites for hydroxylation is 1. The standard InChI is InChI=1S/C27H32N8O2/c1-6-25(36)31-21-15-22(24(37-5)16-20(21)28-12-8-14-34(2)3)33-27-30-13-10-19(32-27)18-17-35(4)23-9-7-11-29-26(18)23/h6-7,9-11,13,15-17,28H,1,8,12,14H2,2-5H3,(H,31,36)(H,30,32,33). The molecule has 0 aliphatic rings. The summed E-state index contributed by atoms with van der Waals surface area (Å²) < 4.78 is 7.67. The first-order chi connectivity index (χ1) is 17.9. The number of fused-ring (bicyclic) bond motifs is 1.